The molecule has 4 nitrogen and oxygen atoms in total. The molecule has 1 aromatic heterocycles. The van der Waals surface area contributed by atoms with E-state index in [2.05, 4.69) is 22.5 Å². The van der Waals surface area contributed by atoms with Gasteiger partial charge >= 0.3 is 0 Å². The molecule has 0 aliphatic carbocycles. The van der Waals surface area contributed by atoms with Crippen molar-refractivity contribution in [3.05, 3.63) is 47.8 Å². The molecule has 2 aromatic rings. The number of hydrogen-bond donors (Lipinski definition) is 1. The van der Waals surface area contributed by atoms with Crippen LogP contribution in [-0.4, -0.2) is 23.4 Å². The van der Waals surface area contributed by atoms with Crippen LogP contribution in [0.25, 0.3) is 0 Å². The van der Waals surface area contributed by atoms with Gasteiger partial charge in [-0.05, 0) is 37.7 Å². The number of nitrogens with zero attached hydrogens (tertiary/aromatic N) is 2. The summed E-state index contributed by atoms with van der Waals surface area (Å²) in [4.78, 5) is 0. The number of aromatic nitrogens is 2. The van der Waals surface area contributed by atoms with Crippen LogP contribution >= 0.6 is 0 Å². The van der Waals surface area contributed by atoms with Crippen LogP contribution in [-0.2, 0) is 13.1 Å². The number of hydrogen-bond acceptors (Lipinski definition) is 3. The highest BCUT2D eigenvalue weighted by atomic mass is 16.5. The van der Waals surface area contributed by atoms with Crippen molar-refractivity contribution in [2.75, 3.05) is 13.7 Å². The van der Waals surface area contributed by atoms with E-state index in [1.807, 2.05) is 43.0 Å². The molecule has 0 aliphatic heterocycles. The topological polar surface area (TPSA) is 39.1 Å². The molecule has 0 radical (unpaired) electrons. The maximum atomic E-state index is 5.67. The molecule has 0 amide bonds. The smallest absolute Gasteiger partial charge is 0.119 e. The molecular weight excluding hydrogens is 226 g/mol. The Morgan fingerprint density at radius 3 is 2.61 bits per heavy atom. The molecular formula is C14H19N3O. The van der Waals surface area contributed by atoms with Crippen molar-refractivity contribution in [1.82, 2.24) is 15.1 Å². The molecule has 0 spiro atoms. The number of benzene rings is 1. The summed E-state index contributed by atoms with van der Waals surface area (Å²) in [5.74, 6) is 0.902. The lowest BCUT2D eigenvalue weighted by Crippen LogP contribution is -2.09. The summed E-state index contributed by atoms with van der Waals surface area (Å²) in [6.45, 7) is 4.27. The van der Waals surface area contributed by atoms with E-state index in [1.54, 1.807) is 0 Å². The third-order valence-corrected chi connectivity index (χ3v) is 2.67. The van der Waals surface area contributed by atoms with Crippen molar-refractivity contribution in [1.29, 1.82) is 0 Å². The number of aryl methyl sites for hydroxylation is 1. The average Bonchev–Trinajstić information content (AvgIpc) is 2.78. The number of rotatable bonds is 6. The van der Waals surface area contributed by atoms with Crippen molar-refractivity contribution in [3.8, 4) is 5.75 Å². The van der Waals surface area contributed by atoms with Gasteiger partial charge in [-0.3, -0.25) is 4.68 Å². The monoisotopic (exact) mass is 245 g/mol. The highest BCUT2D eigenvalue weighted by Gasteiger charge is 1.97. The lowest BCUT2D eigenvalue weighted by atomic mass is 10.2. The Bertz CT molecular complexity index is 476. The fraction of sp³-hybridized carbons (Fsp3) is 0.357. The van der Waals surface area contributed by atoms with E-state index in [-0.39, 0.29) is 0 Å². The Labute approximate surface area is 108 Å². The van der Waals surface area contributed by atoms with E-state index in [0.717, 1.165) is 24.5 Å². The SMILES string of the molecule is CNCc1ccc(OCCn2ccc(C)n2)cc1. The van der Waals surface area contributed by atoms with E-state index in [9.17, 15) is 0 Å². The second-order valence-electron chi connectivity index (χ2n) is 4.24. The molecule has 0 saturated carbocycles. The molecule has 0 fully saturated rings. The van der Waals surface area contributed by atoms with Gasteiger partial charge in [-0.15, -0.1) is 0 Å². The summed E-state index contributed by atoms with van der Waals surface area (Å²) in [6, 6.07) is 10.1. The largest absolute Gasteiger partial charge is 0.492 e. The molecule has 0 atom stereocenters. The molecule has 2 rings (SSSR count). The highest BCUT2D eigenvalue weighted by molar-refractivity contribution is 5.27. The lowest BCUT2D eigenvalue weighted by Gasteiger charge is -2.07. The standard InChI is InChI=1S/C14H19N3O/c1-12-7-8-17(16-12)9-10-18-14-5-3-13(4-6-14)11-15-2/h3-8,15H,9-11H2,1-2H3. The molecule has 1 N–H and O–H groups in total. The van der Waals surface area contributed by atoms with Crippen molar-refractivity contribution >= 4 is 0 Å². The van der Waals surface area contributed by atoms with Gasteiger partial charge in [0, 0.05) is 12.7 Å². The summed E-state index contributed by atoms with van der Waals surface area (Å²) in [7, 11) is 1.94. The van der Waals surface area contributed by atoms with Crippen LogP contribution in [0.4, 0.5) is 0 Å². The number of ether oxygens (including phenoxy) is 1. The summed E-state index contributed by atoms with van der Waals surface area (Å²) >= 11 is 0. The van der Waals surface area contributed by atoms with Gasteiger partial charge in [-0.1, -0.05) is 12.1 Å². The predicted molar refractivity (Wildman–Crippen MR) is 71.7 cm³/mol. The summed E-state index contributed by atoms with van der Waals surface area (Å²) in [6.07, 6.45) is 1.97. The normalized spacial score (nSPS) is 10.6. The van der Waals surface area contributed by atoms with Crippen LogP contribution in [0.1, 0.15) is 11.3 Å². The molecule has 96 valence electrons. The fourth-order valence-electron chi connectivity index (χ4n) is 1.75. The first kappa shape index (κ1) is 12.6. The Hall–Kier alpha value is -1.81. The molecule has 0 bridgehead atoms. The van der Waals surface area contributed by atoms with Gasteiger partial charge in [0.25, 0.3) is 0 Å². The highest BCUT2D eigenvalue weighted by Crippen LogP contribution is 2.12. The van der Waals surface area contributed by atoms with Gasteiger partial charge in [0.2, 0.25) is 0 Å². The first-order valence-electron chi connectivity index (χ1n) is 6.14. The van der Waals surface area contributed by atoms with Gasteiger partial charge in [-0.2, -0.15) is 5.10 Å². The second-order valence-corrected chi connectivity index (χ2v) is 4.24. The molecule has 0 saturated heterocycles. The Morgan fingerprint density at radius 2 is 2.00 bits per heavy atom. The Kier molecular flexibility index (Phi) is 4.36. The van der Waals surface area contributed by atoms with E-state index in [4.69, 9.17) is 4.74 Å². The van der Waals surface area contributed by atoms with E-state index < -0.39 is 0 Å². The van der Waals surface area contributed by atoms with Gasteiger partial charge in [0.05, 0.1) is 12.2 Å². The minimum absolute atomic E-state index is 0.631. The molecule has 0 aliphatic rings. The summed E-state index contributed by atoms with van der Waals surface area (Å²) in [5, 5.41) is 7.43. The van der Waals surface area contributed by atoms with Crippen LogP contribution in [0.5, 0.6) is 5.75 Å². The van der Waals surface area contributed by atoms with Gasteiger partial charge in [0.15, 0.2) is 0 Å². The molecule has 4 heteroatoms. The van der Waals surface area contributed by atoms with E-state index >= 15 is 0 Å². The maximum absolute atomic E-state index is 5.67. The Balaban J connectivity index is 1.79. The van der Waals surface area contributed by atoms with Crippen molar-refractivity contribution in [3.63, 3.8) is 0 Å². The Morgan fingerprint density at radius 1 is 1.22 bits per heavy atom. The minimum atomic E-state index is 0.631. The zero-order chi connectivity index (χ0) is 12.8. The van der Waals surface area contributed by atoms with Crippen LogP contribution < -0.4 is 10.1 Å². The maximum Gasteiger partial charge on any atom is 0.119 e. The molecule has 1 aromatic carbocycles. The zero-order valence-electron chi connectivity index (χ0n) is 10.9. The van der Waals surface area contributed by atoms with Crippen molar-refractivity contribution in [2.45, 2.75) is 20.0 Å². The van der Waals surface area contributed by atoms with Crippen LogP contribution in [0.15, 0.2) is 36.5 Å². The molecule has 18 heavy (non-hydrogen) atoms. The third-order valence-electron chi connectivity index (χ3n) is 2.67. The van der Waals surface area contributed by atoms with E-state index in [0.29, 0.717) is 6.61 Å². The van der Waals surface area contributed by atoms with E-state index in [1.165, 1.54) is 5.56 Å². The first-order valence-corrected chi connectivity index (χ1v) is 6.14. The number of nitrogens with one attached hydrogen (secondary N) is 1. The van der Waals surface area contributed by atoms with Crippen molar-refractivity contribution in [2.24, 2.45) is 0 Å². The van der Waals surface area contributed by atoms with Gasteiger partial charge in [0.1, 0.15) is 12.4 Å². The molecule has 1 heterocycles. The summed E-state index contributed by atoms with van der Waals surface area (Å²) in [5.41, 5.74) is 2.29. The molecule has 0 unspecified atom stereocenters. The van der Waals surface area contributed by atoms with Gasteiger partial charge in [-0.25, -0.2) is 0 Å². The van der Waals surface area contributed by atoms with Crippen LogP contribution in [0.3, 0.4) is 0 Å². The van der Waals surface area contributed by atoms with Crippen LogP contribution in [0.2, 0.25) is 0 Å². The van der Waals surface area contributed by atoms with Crippen molar-refractivity contribution < 1.29 is 4.74 Å². The van der Waals surface area contributed by atoms with Gasteiger partial charge < -0.3 is 10.1 Å². The summed E-state index contributed by atoms with van der Waals surface area (Å²) < 4.78 is 7.56. The predicted octanol–water partition coefficient (Wildman–Crippen LogP) is 1.99. The quantitative estimate of drug-likeness (QED) is 0.846. The third kappa shape index (κ3) is 3.60. The average molecular weight is 245 g/mol. The lowest BCUT2D eigenvalue weighted by molar-refractivity contribution is 0.291. The minimum Gasteiger partial charge on any atom is -0.492 e. The zero-order valence-corrected chi connectivity index (χ0v) is 10.9. The fourth-order valence-corrected chi connectivity index (χ4v) is 1.75. The first-order chi connectivity index (χ1) is 8.78. The van der Waals surface area contributed by atoms with Crippen LogP contribution in [0, 0.1) is 6.92 Å². The second kappa shape index (κ2) is 6.21.